The minimum atomic E-state index is -0.390. The summed E-state index contributed by atoms with van der Waals surface area (Å²) in [5.74, 6) is 1.29. The van der Waals surface area contributed by atoms with E-state index in [9.17, 15) is 4.79 Å². The quantitative estimate of drug-likeness (QED) is 0.746. The summed E-state index contributed by atoms with van der Waals surface area (Å²) < 4.78 is 10.8. The minimum absolute atomic E-state index is 0.0534. The van der Waals surface area contributed by atoms with E-state index in [2.05, 4.69) is 5.32 Å². The SMILES string of the molecule is COc1cc(OC)cc(C2Nc3ccccc3C(=O)N2c2ccccc2)c1. The Labute approximate surface area is 158 Å². The summed E-state index contributed by atoms with van der Waals surface area (Å²) in [7, 11) is 3.23. The van der Waals surface area contributed by atoms with Gasteiger partial charge in [-0.25, -0.2) is 0 Å². The van der Waals surface area contributed by atoms with Gasteiger partial charge in [-0.05, 0) is 36.4 Å². The number of fused-ring (bicyclic) bond motifs is 1. The van der Waals surface area contributed by atoms with Gasteiger partial charge in [0.2, 0.25) is 0 Å². The topological polar surface area (TPSA) is 50.8 Å². The van der Waals surface area contributed by atoms with E-state index < -0.39 is 6.17 Å². The van der Waals surface area contributed by atoms with E-state index in [0.717, 1.165) is 16.9 Å². The van der Waals surface area contributed by atoms with E-state index >= 15 is 0 Å². The Hall–Kier alpha value is -3.47. The number of nitrogens with one attached hydrogen (secondary N) is 1. The predicted molar refractivity (Wildman–Crippen MR) is 106 cm³/mol. The first-order chi connectivity index (χ1) is 13.2. The molecule has 1 N–H and O–H groups in total. The van der Waals surface area contributed by atoms with Crippen LogP contribution in [0.25, 0.3) is 0 Å². The van der Waals surface area contributed by atoms with Crippen LogP contribution in [0.15, 0.2) is 72.8 Å². The van der Waals surface area contributed by atoms with Crippen LogP contribution in [0.4, 0.5) is 11.4 Å². The second-order valence-electron chi connectivity index (χ2n) is 6.25. The Morgan fingerprint density at radius 1 is 0.852 bits per heavy atom. The normalized spacial score (nSPS) is 15.7. The molecule has 5 heteroatoms. The average molecular weight is 360 g/mol. The van der Waals surface area contributed by atoms with Gasteiger partial charge in [0.1, 0.15) is 17.7 Å². The predicted octanol–water partition coefficient (Wildman–Crippen LogP) is 4.47. The first-order valence-electron chi connectivity index (χ1n) is 8.68. The highest BCUT2D eigenvalue weighted by Crippen LogP contribution is 2.38. The third-order valence-corrected chi connectivity index (χ3v) is 4.65. The smallest absolute Gasteiger partial charge is 0.262 e. The Morgan fingerprint density at radius 2 is 1.48 bits per heavy atom. The van der Waals surface area contributed by atoms with E-state index in [1.165, 1.54) is 0 Å². The van der Waals surface area contributed by atoms with Crippen LogP contribution in [0.3, 0.4) is 0 Å². The molecular weight excluding hydrogens is 340 g/mol. The molecule has 1 unspecified atom stereocenters. The first kappa shape index (κ1) is 17.0. The third-order valence-electron chi connectivity index (χ3n) is 4.65. The molecule has 0 radical (unpaired) electrons. The second-order valence-corrected chi connectivity index (χ2v) is 6.25. The van der Waals surface area contributed by atoms with Crippen LogP contribution < -0.4 is 19.7 Å². The Balaban J connectivity index is 1.88. The van der Waals surface area contributed by atoms with E-state index in [1.807, 2.05) is 72.8 Å². The fourth-order valence-electron chi connectivity index (χ4n) is 3.33. The molecule has 0 aliphatic carbocycles. The first-order valence-corrected chi connectivity index (χ1v) is 8.68. The summed E-state index contributed by atoms with van der Waals surface area (Å²) in [5.41, 5.74) is 3.14. The lowest BCUT2D eigenvalue weighted by Gasteiger charge is -2.38. The lowest BCUT2D eigenvalue weighted by Crippen LogP contribution is -2.43. The van der Waals surface area contributed by atoms with Gasteiger partial charge in [0.15, 0.2) is 0 Å². The fraction of sp³-hybridized carbons (Fsp3) is 0.136. The molecule has 27 heavy (non-hydrogen) atoms. The van der Waals surface area contributed by atoms with Crippen molar-refractivity contribution in [3.05, 3.63) is 83.9 Å². The van der Waals surface area contributed by atoms with Crippen molar-refractivity contribution in [2.24, 2.45) is 0 Å². The van der Waals surface area contributed by atoms with Gasteiger partial charge in [-0.15, -0.1) is 0 Å². The molecule has 1 heterocycles. The highest BCUT2D eigenvalue weighted by atomic mass is 16.5. The molecule has 1 aliphatic rings. The van der Waals surface area contributed by atoms with E-state index in [1.54, 1.807) is 19.1 Å². The van der Waals surface area contributed by atoms with Crippen molar-refractivity contribution in [2.75, 3.05) is 24.4 Å². The van der Waals surface area contributed by atoms with Crippen molar-refractivity contribution in [3.63, 3.8) is 0 Å². The van der Waals surface area contributed by atoms with E-state index in [-0.39, 0.29) is 5.91 Å². The summed E-state index contributed by atoms with van der Waals surface area (Å²) in [5, 5.41) is 3.49. The van der Waals surface area contributed by atoms with Crippen LogP contribution in [-0.2, 0) is 0 Å². The summed E-state index contributed by atoms with van der Waals surface area (Å²) in [4.78, 5) is 15.1. The number of ether oxygens (including phenoxy) is 2. The van der Waals surface area contributed by atoms with E-state index in [0.29, 0.717) is 17.1 Å². The molecule has 0 bridgehead atoms. The van der Waals surface area contributed by atoms with Gasteiger partial charge in [0.05, 0.1) is 19.8 Å². The zero-order valence-corrected chi connectivity index (χ0v) is 15.2. The summed E-state index contributed by atoms with van der Waals surface area (Å²) >= 11 is 0. The van der Waals surface area contributed by atoms with Gasteiger partial charge in [0.25, 0.3) is 5.91 Å². The van der Waals surface area contributed by atoms with Crippen LogP contribution in [0.2, 0.25) is 0 Å². The van der Waals surface area contributed by atoms with Crippen LogP contribution in [0.1, 0.15) is 22.1 Å². The number of para-hydroxylation sites is 2. The lowest BCUT2D eigenvalue weighted by molar-refractivity contribution is 0.0975. The highest BCUT2D eigenvalue weighted by molar-refractivity contribution is 6.12. The number of carbonyl (C=O) groups is 1. The van der Waals surface area contributed by atoms with E-state index in [4.69, 9.17) is 9.47 Å². The molecule has 0 aromatic heterocycles. The van der Waals surface area contributed by atoms with Crippen molar-refractivity contribution in [1.82, 2.24) is 0 Å². The zero-order chi connectivity index (χ0) is 18.8. The van der Waals surface area contributed by atoms with Crippen molar-refractivity contribution in [1.29, 1.82) is 0 Å². The van der Waals surface area contributed by atoms with Crippen LogP contribution in [0.5, 0.6) is 11.5 Å². The molecule has 1 aliphatic heterocycles. The van der Waals surface area contributed by atoms with Gasteiger partial charge in [-0.2, -0.15) is 0 Å². The molecule has 1 amide bonds. The number of benzene rings is 3. The molecule has 0 saturated carbocycles. The van der Waals surface area contributed by atoms with Gasteiger partial charge in [-0.1, -0.05) is 30.3 Å². The number of amides is 1. The molecule has 3 aromatic carbocycles. The monoisotopic (exact) mass is 360 g/mol. The molecule has 4 rings (SSSR count). The zero-order valence-electron chi connectivity index (χ0n) is 15.2. The molecular formula is C22H20N2O3. The van der Waals surface area contributed by atoms with Gasteiger partial charge in [0, 0.05) is 23.0 Å². The van der Waals surface area contributed by atoms with Crippen molar-refractivity contribution < 1.29 is 14.3 Å². The van der Waals surface area contributed by atoms with Crippen LogP contribution in [-0.4, -0.2) is 20.1 Å². The minimum Gasteiger partial charge on any atom is -0.497 e. The number of hydrogen-bond donors (Lipinski definition) is 1. The third kappa shape index (κ3) is 3.08. The fourth-order valence-corrected chi connectivity index (χ4v) is 3.33. The number of nitrogens with zero attached hydrogens (tertiary/aromatic N) is 1. The maximum Gasteiger partial charge on any atom is 0.262 e. The van der Waals surface area contributed by atoms with Gasteiger partial charge in [-0.3, -0.25) is 9.69 Å². The molecule has 136 valence electrons. The molecule has 0 spiro atoms. The van der Waals surface area contributed by atoms with Crippen LogP contribution in [0, 0.1) is 0 Å². The highest BCUT2D eigenvalue weighted by Gasteiger charge is 2.34. The molecule has 3 aromatic rings. The summed E-state index contributed by atoms with van der Waals surface area (Å²) in [6, 6.07) is 22.8. The maximum atomic E-state index is 13.3. The van der Waals surface area contributed by atoms with Crippen LogP contribution >= 0.6 is 0 Å². The Bertz CT molecular complexity index is 950. The number of hydrogen-bond acceptors (Lipinski definition) is 4. The molecule has 1 atom stereocenters. The average Bonchev–Trinajstić information content (AvgIpc) is 2.73. The number of rotatable bonds is 4. The molecule has 5 nitrogen and oxygen atoms in total. The number of carbonyl (C=O) groups excluding carboxylic acids is 1. The van der Waals surface area contributed by atoms with Gasteiger partial charge < -0.3 is 14.8 Å². The largest absolute Gasteiger partial charge is 0.497 e. The second kappa shape index (κ2) is 7.03. The lowest BCUT2D eigenvalue weighted by atomic mass is 10.0. The Morgan fingerprint density at radius 3 is 2.15 bits per heavy atom. The van der Waals surface area contributed by atoms with Crippen molar-refractivity contribution in [2.45, 2.75) is 6.17 Å². The van der Waals surface area contributed by atoms with Crippen molar-refractivity contribution >= 4 is 17.3 Å². The molecule has 0 saturated heterocycles. The van der Waals surface area contributed by atoms with Crippen molar-refractivity contribution in [3.8, 4) is 11.5 Å². The van der Waals surface area contributed by atoms with Gasteiger partial charge >= 0.3 is 0 Å². The summed E-state index contributed by atoms with van der Waals surface area (Å²) in [6.45, 7) is 0. The molecule has 0 fully saturated rings. The number of anilines is 2. The number of methoxy groups -OCH3 is 2. The summed E-state index contributed by atoms with van der Waals surface area (Å²) in [6.07, 6.45) is -0.390. The Kier molecular flexibility index (Phi) is 4.42. The maximum absolute atomic E-state index is 13.3. The standard InChI is InChI=1S/C22H20N2O3/c1-26-17-12-15(13-18(14-17)27-2)21-23-20-11-7-6-10-19(20)22(25)24(21)16-8-4-3-5-9-16/h3-14,21,23H,1-2H3.